The van der Waals surface area contributed by atoms with Crippen LogP contribution in [0.1, 0.15) is 5.56 Å². The van der Waals surface area contributed by atoms with Crippen LogP contribution in [0, 0.1) is 0 Å². The molecule has 2 aromatic carbocycles. The molecule has 0 aromatic heterocycles. The number of piperazine rings is 1. The van der Waals surface area contributed by atoms with Gasteiger partial charge in [-0.1, -0.05) is 59.6 Å². The van der Waals surface area contributed by atoms with E-state index in [1.165, 1.54) is 4.90 Å². The van der Waals surface area contributed by atoms with E-state index in [-0.39, 0.29) is 35.0 Å². The lowest BCUT2D eigenvalue weighted by atomic mass is 10.0. The maximum atomic E-state index is 13.0. The molecule has 2 aliphatic heterocycles. The molecule has 2 atom stereocenters. The molecule has 0 bridgehead atoms. The second-order valence-electron chi connectivity index (χ2n) is 6.94. The number of halogens is 2. The van der Waals surface area contributed by atoms with Crippen molar-refractivity contribution in [2.75, 3.05) is 23.0 Å². The number of carbonyl (C=O) groups is 1. The molecule has 4 rings (SSSR count). The summed E-state index contributed by atoms with van der Waals surface area (Å²) in [5.74, 6) is -0.210. The van der Waals surface area contributed by atoms with Crippen molar-refractivity contribution in [2.45, 2.75) is 18.6 Å². The molecule has 2 saturated heterocycles. The normalized spacial score (nSPS) is 24.8. The summed E-state index contributed by atoms with van der Waals surface area (Å²) in [5.41, 5.74) is 1.52. The summed E-state index contributed by atoms with van der Waals surface area (Å²) in [7, 11) is -3.25. The molecular formula is C19H18Cl2N2O3S. The van der Waals surface area contributed by atoms with Crippen LogP contribution in [0.3, 0.4) is 0 Å². The van der Waals surface area contributed by atoms with Gasteiger partial charge in [0.2, 0.25) is 5.91 Å². The molecule has 0 spiro atoms. The van der Waals surface area contributed by atoms with Gasteiger partial charge in [-0.05, 0) is 17.7 Å². The van der Waals surface area contributed by atoms with Gasteiger partial charge in [0, 0.05) is 12.6 Å². The van der Waals surface area contributed by atoms with Crippen LogP contribution in [-0.2, 0) is 21.2 Å². The van der Waals surface area contributed by atoms with Crippen LogP contribution in [-0.4, -0.2) is 49.4 Å². The lowest BCUT2D eigenvalue weighted by molar-refractivity contribution is -0.123. The van der Waals surface area contributed by atoms with E-state index < -0.39 is 15.9 Å². The fourth-order valence-electron chi connectivity index (χ4n) is 3.94. The molecule has 0 N–H and O–H groups in total. The molecule has 0 saturated carbocycles. The van der Waals surface area contributed by atoms with Gasteiger partial charge >= 0.3 is 0 Å². The lowest BCUT2D eigenvalue weighted by Gasteiger charge is -2.43. The van der Waals surface area contributed by atoms with Crippen molar-refractivity contribution < 1.29 is 13.2 Å². The number of anilines is 1. The fraction of sp³-hybridized carbons (Fsp3) is 0.316. The van der Waals surface area contributed by atoms with Crippen LogP contribution in [0.5, 0.6) is 0 Å². The zero-order valence-electron chi connectivity index (χ0n) is 14.4. The summed E-state index contributed by atoms with van der Waals surface area (Å²) in [6, 6.07) is 14.1. The third kappa shape index (κ3) is 3.59. The molecule has 0 radical (unpaired) electrons. The standard InChI is InChI=1S/C19H18Cl2N2O3S/c20-14-7-4-8-15(19(14)21)23-17-12-27(25,26)11-16(17)22(10-18(23)24)9-13-5-2-1-3-6-13/h1-8,16-17H,9-12H2. The smallest absolute Gasteiger partial charge is 0.241 e. The molecule has 2 aliphatic rings. The summed E-state index contributed by atoms with van der Waals surface area (Å²) >= 11 is 12.4. The number of fused-ring (bicyclic) bond motifs is 1. The third-order valence-electron chi connectivity index (χ3n) is 5.12. The minimum Gasteiger partial charge on any atom is -0.304 e. The number of carbonyl (C=O) groups excluding carboxylic acids is 1. The first kappa shape index (κ1) is 18.7. The highest BCUT2D eigenvalue weighted by atomic mass is 35.5. The summed E-state index contributed by atoms with van der Waals surface area (Å²) < 4.78 is 24.8. The Bertz CT molecular complexity index is 982. The van der Waals surface area contributed by atoms with Crippen LogP contribution in [0.4, 0.5) is 5.69 Å². The van der Waals surface area contributed by atoms with Crippen LogP contribution < -0.4 is 4.90 Å². The fourth-order valence-corrected chi connectivity index (χ4v) is 6.31. The lowest BCUT2D eigenvalue weighted by Crippen LogP contribution is -2.61. The SMILES string of the molecule is O=C1CN(Cc2ccccc2)C2CS(=O)(=O)CC2N1c1cccc(Cl)c1Cl. The number of amides is 1. The Kier molecular flexibility index (Phi) is 4.93. The molecule has 0 aliphatic carbocycles. The molecule has 2 aromatic rings. The molecule has 27 heavy (non-hydrogen) atoms. The molecular weight excluding hydrogens is 407 g/mol. The molecule has 5 nitrogen and oxygen atoms in total. The minimum atomic E-state index is -3.25. The van der Waals surface area contributed by atoms with E-state index in [0.717, 1.165) is 5.56 Å². The van der Waals surface area contributed by atoms with Gasteiger partial charge < -0.3 is 4.90 Å². The van der Waals surface area contributed by atoms with E-state index in [0.29, 0.717) is 17.3 Å². The first-order valence-corrected chi connectivity index (χ1v) is 11.2. The van der Waals surface area contributed by atoms with Crippen molar-refractivity contribution in [3.05, 3.63) is 64.1 Å². The average Bonchev–Trinajstić information content (AvgIpc) is 2.94. The summed E-state index contributed by atoms with van der Waals surface area (Å²) in [5, 5.41) is 0.609. The largest absolute Gasteiger partial charge is 0.304 e. The molecule has 8 heteroatoms. The van der Waals surface area contributed by atoms with Crippen molar-refractivity contribution in [3.63, 3.8) is 0 Å². The first-order valence-electron chi connectivity index (χ1n) is 8.60. The zero-order chi connectivity index (χ0) is 19.2. The summed E-state index contributed by atoms with van der Waals surface area (Å²) in [6.45, 7) is 0.662. The van der Waals surface area contributed by atoms with Crippen molar-refractivity contribution in [1.29, 1.82) is 0 Å². The van der Waals surface area contributed by atoms with E-state index in [9.17, 15) is 13.2 Å². The maximum absolute atomic E-state index is 13.0. The second kappa shape index (κ2) is 7.09. The molecule has 2 fully saturated rings. The Morgan fingerprint density at radius 1 is 0.963 bits per heavy atom. The second-order valence-corrected chi connectivity index (χ2v) is 9.88. The molecule has 1 amide bonds. The molecule has 2 unspecified atom stereocenters. The number of nitrogens with zero attached hydrogens (tertiary/aromatic N) is 2. The highest BCUT2D eigenvalue weighted by molar-refractivity contribution is 7.91. The number of benzene rings is 2. The highest BCUT2D eigenvalue weighted by Gasteiger charge is 2.50. The van der Waals surface area contributed by atoms with Crippen LogP contribution in [0.15, 0.2) is 48.5 Å². The molecule has 142 valence electrons. The van der Waals surface area contributed by atoms with Crippen molar-refractivity contribution in [1.82, 2.24) is 4.90 Å². The van der Waals surface area contributed by atoms with E-state index >= 15 is 0 Å². The highest BCUT2D eigenvalue weighted by Crippen LogP contribution is 2.38. The van der Waals surface area contributed by atoms with E-state index in [1.807, 2.05) is 35.2 Å². The monoisotopic (exact) mass is 424 g/mol. The van der Waals surface area contributed by atoms with Crippen molar-refractivity contribution in [3.8, 4) is 0 Å². The van der Waals surface area contributed by atoms with Gasteiger partial charge in [0.15, 0.2) is 9.84 Å². The van der Waals surface area contributed by atoms with Crippen molar-refractivity contribution in [2.24, 2.45) is 0 Å². The number of hydrogen-bond donors (Lipinski definition) is 0. The summed E-state index contributed by atoms with van der Waals surface area (Å²) in [6.07, 6.45) is 0. The quantitative estimate of drug-likeness (QED) is 0.759. The Morgan fingerprint density at radius 2 is 1.67 bits per heavy atom. The van der Waals surface area contributed by atoms with Crippen molar-refractivity contribution >= 4 is 44.6 Å². The van der Waals surface area contributed by atoms with Crippen LogP contribution in [0.2, 0.25) is 10.0 Å². The van der Waals surface area contributed by atoms with Gasteiger partial charge in [0.1, 0.15) is 0 Å². The van der Waals surface area contributed by atoms with E-state index in [2.05, 4.69) is 0 Å². The predicted octanol–water partition coefficient (Wildman–Crippen LogP) is 3.01. The van der Waals surface area contributed by atoms with E-state index in [1.54, 1.807) is 18.2 Å². The van der Waals surface area contributed by atoms with Gasteiger partial charge in [-0.15, -0.1) is 0 Å². The summed E-state index contributed by atoms with van der Waals surface area (Å²) in [4.78, 5) is 16.5. The Morgan fingerprint density at radius 3 is 2.41 bits per heavy atom. The predicted molar refractivity (Wildman–Crippen MR) is 107 cm³/mol. The molecule has 2 heterocycles. The number of sulfone groups is 1. The number of rotatable bonds is 3. The van der Waals surface area contributed by atoms with Gasteiger partial charge in [-0.25, -0.2) is 8.42 Å². The first-order chi connectivity index (χ1) is 12.9. The third-order valence-corrected chi connectivity index (χ3v) is 7.63. The minimum absolute atomic E-state index is 0.0342. The zero-order valence-corrected chi connectivity index (χ0v) is 16.7. The van der Waals surface area contributed by atoms with Gasteiger partial charge in [0.25, 0.3) is 0 Å². The van der Waals surface area contributed by atoms with Crippen LogP contribution in [0.25, 0.3) is 0 Å². The Hall–Kier alpha value is -1.60. The maximum Gasteiger partial charge on any atom is 0.241 e. The Labute approximate surface area is 168 Å². The topological polar surface area (TPSA) is 57.7 Å². The Balaban J connectivity index is 1.71. The van der Waals surface area contributed by atoms with Gasteiger partial charge in [-0.2, -0.15) is 0 Å². The van der Waals surface area contributed by atoms with Gasteiger partial charge in [-0.3, -0.25) is 9.69 Å². The van der Waals surface area contributed by atoms with Gasteiger partial charge in [0.05, 0.1) is 39.8 Å². The van der Waals surface area contributed by atoms with E-state index in [4.69, 9.17) is 23.2 Å². The number of hydrogen-bond acceptors (Lipinski definition) is 4. The van der Waals surface area contributed by atoms with Crippen LogP contribution >= 0.6 is 23.2 Å². The average molecular weight is 425 g/mol.